The minimum atomic E-state index is -1.38. The monoisotopic (exact) mass is 527 g/mol. The molecule has 0 radical (unpaired) electrons. The van der Waals surface area contributed by atoms with Crippen molar-refractivity contribution in [2.45, 2.75) is 49.9 Å². The molecule has 0 aliphatic heterocycles. The molecule has 0 fully saturated rings. The number of nitrogens with one attached hydrogen (secondary N) is 3. The lowest BCUT2D eigenvalue weighted by Gasteiger charge is -2.24. The molecule has 1 aromatic rings. The van der Waals surface area contributed by atoms with Gasteiger partial charge in [0.15, 0.2) is 0 Å². The molecule has 4 unspecified atom stereocenters. The Balaban J connectivity index is 2.98. The molecule has 0 heterocycles. The maximum Gasteiger partial charge on any atom is 0.326 e. The predicted molar refractivity (Wildman–Crippen MR) is 137 cm³/mol. The second kappa shape index (κ2) is 16.0. The van der Waals surface area contributed by atoms with Crippen LogP contribution in [0.4, 0.5) is 0 Å². The summed E-state index contributed by atoms with van der Waals surface area (Å²) in [5.41, 5.74) is 11.6. The zero-order valence-corrected chi connectivity index (χ0v) is 21.1. The number of rotatable bonds is 16. The number of thiol groups is 1. The van der Waals surface area contributed by atoms with E-state index in [0.29, 0.717) is 17.7 Å². The van der Waals surface area contributed by atoms with Crippen molar-refractivity contribution in [2.24, 2.45) is 11.5 Å². The van der Waals surface area contributed by atoms with Crippen LogP contribution in [0.3, 0.4) is 0 Å². The Morgan fingerprint density at radius 1 is 0.943 bits per heavy atom. The van der Waals surface area contributed by atoms with Gasteiger partial charge in [0.05, 0.1) is 6.04 Å². The maximum absolute atomic E-state index is 13.0. The molecule has 8 N–H and O–H groups in total. The van der Waals surface area contributed by atoms with E-state index in [1.54, 1.807) is 30.3 Å². The fourth-order valence-electron chi connectivity index (χ4n) is 3.00. The van der Waals surface area contributed by atoms with Crippen molar-refractivity contribution in [3.63, 3.8) is 0 Å². The Labute approximate surface area is 213 Å². The van der Waals surface area contributed by atoms with E-state index in [2.05, 4.69) is 28.6 Å². The summed E-state index contributed by atoms with van der Waals surface area (Å²) in [6.07, 6.45) is 1.92. The number of carboxylic acid groups (broad SMARTS) is 1. The molecule has 1 rings (SSSR count). The lowest BCUT2D eigenvalue weighted by Crippen LogP contribution is -2.58. The summed E-state index contributed by atoms with van der Waals surface area (Å²) in [6, 6.07) is 4.38. The Morgan fingerprint density at radius 3 is 2.06 bits per heavy atom. The number of hydrogen-bond acceptors (Lipinski definition) is 8. The zero-order valence-electron chi connectivity index (χ0n) is 19.4. The highest BCUT2D eigenvalue weighted by molar-refractivity contribution is 7.98. The number of carbonyl (C=O) groups excluding carboxylic acids is 4. The van der Waals surface area contributed by atoms with Crippen LogP contribution in [-0.2, 0) is 30.4 Å². The highest BCUT2D eigenvalue weighted by Gasteiger charge is 2.30. The van der Waals surface area contributed by atoms with E-state index in [1.807, 2.05) is 6.26 Å². The fourth-order valence-corrected chi connectivity index (χ4v) is 3.74. The van der Waals surface area contributed by atoms with Gasteiger partial charge in [0.25, 0.3) is 0 Å². The number of amides is 4. The van der Waals surface area contributed by atoms with Gasteiger partial charge in [-0.2, -0.15) is 24.4 Å². The largest absolute Gasteiger partial charge is 0.480 e. The molecule has 0 saturated carbocycles. The van der Waals surface area contributed by atoms with Crippen molar-refractivity contribution in [1.29, 1.82) is 0 Å². The first kappa shape index (κ1) is 30.3. The summed E-state index contributed by atoms with van der Waals surface area (Å²) in [7, 11) is 0. The summed E-state index contributed by atoms with van der Waals surface area (Å²) in [4.78, 5) is 60.8. The van der Waals surface area contributed by atoms with Crippen LogP contribution in [0.2, 0.25) is 0 Å². The number of benzene rings is 1. The van der Waals surface area contributed by atoms with Gasteiger partial charge in [-0.3, -0.25) is 19.2 Å². The van der Waals surface area contributed by atoms with Gasteiger partial charge in [0.2, 0.25) is 23.6 Å². The SMILES string of the molecule is CSCCC(N)C(=O)NC(CS)C(=O)NC(Cc1ccccc1)C(=O)NC(CCC(N)=O)C(=O)O. The van der Waals surface area contributed by atoms with Gasteiger partial charge in [-0.1, -0.05) is 30.3 Å². The third kappa shape index (κ3) is 11.5. The van der Waals surface area contributed by atoms with Crippen molar-refractivity contribution in [3.8, 4) is 0 Å². The molecule has 0 aliphatic rings. The van der Waals surface area contributed by atoms with E-state index in [0.717, 1.165) is 0 Å². The third-order valence-electron chi connectivity index (χ3n) is 4.99. The van der Waals surface area contributed by atoms with Crippen LogP contribution in [0, 0.1) is 0 Å². The highest BCUT2D eigenvalue weighted by atomic mass is 32.2. The Kier molecular flexibility index (Phi) is 13.8. The average Bonchev–Trinajstić information content (AvgIpc) is 2.82. The molecule has 194 valence electrons. The topological polar surface area (TPSA) is 194 Å². The van der Waals surface area contributed by atoms with Crippen molar-refractivity contribution in [1.82, 2.24) is 16.0 Å². The van der Waals surface area contributed by atoms with E-state index in [4.69, 9.17) is 11.5 Å². The van der Waals surface area contributed by atoms with E-state index in [1.165, 1.54) is 11.8 Å². The number of hydrogen-bond donors (Lipinski definition) is 7. The Bertz CT molecular complexity index is 873. The second-order valence-electron chi connectivity index (χ2n) is 7.79. The summed E-state index contributed by atoms with van der Waals surface area (Å²) in [5, 5.41) is 16.9. The van der Waals surface area contributed by atoms with Gasteiger partial charge < -0.3 is 32.5 Å². The summed E-state index contributed by atoms with van der Waals surface area (Å²) < 4.78 is 0. The average molecular weight is 528 g/mol. The van der Waals surface area contributed by atoms with Gasteiger partial charge in [-0.05, 0) is 30.4 Å². The number of primary amides is 1. The van der Waals surface area contributed by atoms with Crippen LogP contribution >= 0.6 is 24.4 Å². The quantitative estimate of drug-likeness (QED) is 0.134. The predicted octanol–water partition coefficient (Wildman–Crippen LogP) is -0.956. The van der Waals surface area contributed by atoms with Crippen molar-refractivity contribution < 1.29 is 29.1 Å². The van der Waals surface area contributed by atoms with Crippen molar-refractivity contribution in [2.75, 3.05) is 17.8 Å². The standard InChI is InChI=1S/C22H33N5O6S2/c1-35-10-9-14(23)19(29)27-17(12-34)21(31)26-16(11-13-5-3-2-4-6-13)20(30)25-15(22(32)33)7-8-18(24)28/h2-6,14-17,34H,7-12,23H2,1H3,(H2,24,28)(H,25,30)(H,26,31)(H,27,29)(H,32,33). The first-order valence-electron chi connectivity index (χ1n) is 10.9. The molecule has 0 saturated heterocycles. The number of nitrogens with two attached hydrogens (primary N) is 2. The van der Waals surface area contributed by atoms with Crippen molar-refractivity contribution >= 4 is 54.0 Å². The summed E-state index contributed by atoms with van der Waals surface area (Å²) in [5.74, 6) is -3.39. The molecule has 35 heavy (non-hydrogen) atoms. The van der Waals surface area contributed by atoms with E-state index in [-0.39, 0.29) is 25.0 Å². The first-order chi connectivity index (χ1) is 16.6. The van der Waals surface area contributed by atoms with E-state index in [9.17, 15) is 29.1 Å². The maximum atomic E-state index is 13.0. The van der Waals surface area contributed by atoms with Crippen LogP contribution in [0.5, 0.6) is 0 Å². The lowest BCUT2D eigenvalue weighted by molar-refractivity contribution is -0.142. The van der Waals surface area contributed by atoms with Crippen LogP contribution in [-0.4, -0.2) is 76.6 Å². The normalized spacial score (nSPS) is 14.1. The molecule has 0 bridgehead atoms. The zero-order chi connectivity index (χ0) is 26.4. The molecule has 0 aromatic heterocycles. The van der Waals surface area contributed by atoms with Gasteiger partial charge in [0, 0.05) is 18.6 Å². The Hall–Kier alpha value is -2.77. The third-order valence-corrected chi connectivity index (χ3v) is 6.00. The first-order valence-corrected chi connectivity index (χ1v) is 12.9. The minimum absolute atomic E-state index is 0.0527. The minimum Gasteiger partial charge on any atom is -0.480 e. The van der Waals surface area contributed by atoms with Crippen LogP contribution in [0.25, 0.3) is 0 Å². The number of aliphatic carboxylic acids is 1. The molecule has 0 spiro atoms. The van der Waals surface area contributed by atoms with E-state index >= 15 is 0 Å². The van der Waals surface area contributed by atoms with Crippen molar-refractivity contribution in [3.05, 3.63) is 35.9 Å². The van der Waals surface area contributed by atoms with Crippen LogP contribution in [0.15, 0.2) is 30.3 Å². The Morgan fingerprint density at radius 2 is 1.51 bits per heavy atom. The molecule has 13 heteroatoms. The molecular weight excluding hydrogens is 494 g/mol. The van der Waals surface area contributed by atoms with Crippen LogP contribution < -0.4 is 27.4 Å². The molecule has 4 atom stereocenters. The molecule has 0 aliphatic carbocycles. The molecular formula is C22H33N5O6S2. The number of carbonyl (C=O) groups is 5. The summed E-state index contributed by atoms with van der Waals surface area (Å²) in [6.45, 7) is 0. The number of thioether (sulfide) groups is 1. The smallest absolute Gasteiger partial charge is 0.326 e. The van der Waals surface area contributed by atoms with Gasteiger partial charge in [-0.15, -0.1) is 0 Å². The lowest BCUT2D eigenvalue weighted by atomic mass is 10.0. The van der Waals surface area contributed by atoms with Gasteiger partial charge in [0.1, 0.15) is 18.1 Å². The number of carboxylic acids is 1. The van der Waals surface area contributed by atoms with Gasteiger partial charge in [-0.25, -0.2) is 4.79 Å². The van der Waals surface area contributed by atoms with E-state index < -0.39 is 53.8 Å². The van der Waals surface area contributed by atoms with Crippen LogP contribution in [0.1, 0.15) is 24.8 Å². The highest BCUT2D eigenvalue weighted by Crippen LogP contribution is 2.07. The second-order valence-corrected chi connectivity index (χ2v) is 9.14. The molecule has 1 aromatic carbocycles. The molecule has 11 nitrogen and oxygen atoms in total. The van der Waals surface area contributed by atoms with Gasteiger partial charge >= 0.3 is 5.97 Å². The molecule has 4 amide bonds. The fraction of sp³-hybridized carbons (Fsp3) is 0.500. The summed E-state index contributed by atoms with van der Waals surface area (Å²) >= 11 is 5.67.